The van der Waals surface area contributed by atoms with Gasteiger partial charge in [0.25, 0.3) is 0 Å². The fourth-order valence-corrected chi connectivity index (χ4v) is 2.11. The average Bonchev–Trinajstić information content (AvgIpc) is 2.30. The Balaban J connectivity index is 3.93. The summed E-state index contributed by atoms with van der Waals surface area (Å²) in [5.74, 6) is 0. The molecular weight excluding hydrogens is 198 g/mol. The molecule has 16 heavy (non-hydrogen) atoms. The highest BCUT2D eigenvalue weighted by molar-refractivity contribution is 4.69. The molecule has 0 radical (unpaired) electrons. The minimum Gasteiger partial charge on any atom is -0.395 e. The van der Waals surface area contributed by atoms with Crippen molar-refractivity contribution in [3.05, 3.63) is 0 Å². The monoisotopic (exact) mass is 229 g/mol. The van der Waals surface area contributed by atoms with Gasteiger partial charge in [-0.15, -0.1) is 0 Å². The number of aliphatic hydroxyl groups excluding tert-OH is 1. The van der Waals surface area contributed by atoms with E-state index in [0.29, 0.717) is 12.6 Å². The molecule has 1 atom stereocenters. The number of aliphatic hydroxyl groups is 1. The van der Waals surface area contributed by atoms with Crippen LogP contribution >= 0.6 is 0 Å². The summed E-state index contributed by atoms with van der Waals surface area (Å²) >= 11 is 0. The van der Waals surface area contributed by atoms with Crippen LogP contribution in [0.15, 0.2) is 0 Å². The molecule has 0 heterocycles. The highest BCUT2D eigenvalue weighted by atomic mass is 16.3. The van der Waals surface area contributed by atoms with E-state index in [1.165, 1.54) is 38.5 Å². The molecule has 0 spiro atoms. The molecule has 1 unspecified atom stereocenters. The molecule has 0 aliphatic rings. The summed E-state index contributed by atoms with van der Waals surface area (Å²) in [7, 11) is 0. The van der Waals surface area contributed by atoms with E-state index in [-0.39, 0.29) is 0 Å². The average molecular weight is 229 g/mol. The molecule has 0 aromatic rings. The van der Waals surface area contributed by atoms with E-state index in [9.17, 15) is 5.11 Å². The lowest BCUT2D eigenvalue weighted by Gasteiger charge is -2.29. The Hall–Kier alpha value is -0.0800. The lowest BCUT2D eigenvalue weighted by molar-refractivity contribution is 0.115. The van der Waals surface area contributed by atoms with Crippen LogP contribution in [0.3, 0.4) is 0 Å². The maximum Gasteiger partial charge on any atom is 0.0586 e. The van der Waals surface area contributed by atoms with Crippen molar-refractivity contribution < 1.29 is 5.11 Å². The lowest BCUT2D eigenvalue weighted by atomic mass is 10.1. The number of unbranched alkanes of at least 4 members (excludes halogenated alkanes) is 4. The molecule has 0 aromatic carbocycles. The second kappa shape index (κ2) is 11.4. The molecule has 0 fully saturated rings. The van der Waals surface area contributed by atoms with Crippen molar-refractivity contribution >= 4 is 0 Å². The summed E-state index contributed by atoms with van der Waals surface area (Å²) < 4.78 is 0. The molecule has 0 bridgehead atoms. The van der Waals surface area contributed by atoms with Crippen LogP contribution in [-0.4, -0.2) is 35.7 Å². The second-order valence-corrected chi connectivity index (χ2v) is 4.69. The van der Waals surface area contributed by atoms with Gasteiger partial charge in [-0.2, -0.15) is 0 Å². The zero-order valence-corrected chi connectivity index (χ0v) is 11.5. The van der Waals surface area contributed by atoms with E-state index in [4.69, 9.17) is 0 Å². The summed E-state index contributed by atoms with van der Waals surface area (Å²) in [5, 5.41) is 9.37. The van der Waals surface area contributed by atoms with Crippen LogP contribution in [0.4, 0.5) is 0 Å². The predicted octanol–water partition coefficient (Wildman–Crippen LogP) is 3.44. The fourth-order valence-electron chi connectivity index (χ4n) is 2.11. The third-order valence-corrected chi connectivity index (χ3v) is 3.30. The first-order chi connectivity index (χ1) is 7.79. The van der Waals surface area contributed by atoms with E-state index < -0.39 is 0 Å². The summed E-state index contributed by atoms with van der Waals surface area (Å²) in [6.07, 6.45) is 8.79. The third kappa shape index (κ3) is 7.24. The number of nitrogens with zero attached hydrogens (tertiary/aromatic N) is 1. The second-order valence-electron chi connectivity index (χ2n) is 4.69. The fraction of sp³-hybridized carbons (Fsp3) is 1.00. The van der Waals surface area contributed by atoms with Gasteiger partial charge in [0, 0.05) is 6.04 Å². The van der Waals surface area contributed by atoms with Crippen LogP contribution in [-0.2, 0) is 0 Å². The zero-order chi connectivity index (χ0) is 12.2. The molecule has 2 heteroatoms. The first-order valence-electron chi connectivity index (χ1n) is 7.14. The van der Waals surface area contributed by atoms with Gasteiger partial charge in [0.1, 0.15) is 0 Å². The highest BCUT2D eigenvalue weighted by Crippen LogP contribution is 2.09. The number of hydrogen-bond acceptors (Lipinski definition) is 2. The topological polar surface area (TPSA) is 23.5 Å². The third-order valence-electron chi connectivity index (χ3n) is 3.30. The Morgan fingerprint density at radius 1 is 0.875 bits per heavy atom. The van der Waals surface area contributed by atoms with Gasteiger partial charge in [0.2, 0.25) is 0 Å². The minimum absolute atomic E-state index is 0.314. The van der Waals surface area contributed by atoms with Crippen LogP contribution < -0.4 is 0 Å². The molecule has 0 aliphatic heterocycles. The van der Waals surface area contributed by atoms with Crippen LogP contribution in [0.5, 0.6) is 0 Å². The predicted molar refractivity (Wildman–Crippen MR) is 71.8 cm³/mol. The molecule has 0 rings (SSSR count). The van der Waals surface area contributed by atoms with Crippen molar-refractivity contribution in [1.29, 1.82) is 0 Å². The van der Waals surface area contributed by atoms with E-state index in [1.54, 1.807) is 0 Å². The maximum atomic E-state index is 9.37. The summed E-state index contributed by atoms with van der Waals surface area (Å²) in [4.78, 5) is 2.49. The van der Waals surface area contributed by atoms with E-state index >= 15 is 0 Å². The zero-order valence-electron chi connectivity index (χ0n) is 11.5. The lowest BCUT2D eigenvalue weighted by Crippen LogP contribution is -2.39. The van der Waals surface area contributed by atoms with Crippen molar-refractivity contribution in [2.75, 3.05) is 19.7 Å². The molecule has 0 amide bonds. The van der Waals surface area contributed by atoms with Gasteiger partial charge < -0.3 is 5.11 Å². The summed E-state index contributed by atoms with van der Waals surface area (Å²) in [6, 6.07) is 0.383. The SMILES string of the molecule is CCCCCN(CCCCC)C(CC)CO. The molecule has 0 saturated heterocycles. The van der Waals surface area contributed by atoms with E-state index in [1.807, 2.05) is 0 Å². The van der Waals surface area contributed by atoms with Crippen LogP contribution in [0, 0.1) is 0 Å². The molecule has 0 aliphatic carbocycles. The van der Waals surface area contributed by atoms with E-state index in [0.717, 1.165) is 19.5 Å². The normalized spacial score (nSPS) is 13.3. The van der Waals surface area contributed by atoms with Crippen molar-refractivity contribution in [3.63, 3.8) is 0 Å². The quantitative estimate of drug-likeness (QED) is 0.549. The maximum absolute atomic E-state index is 9.37. The summed E-state index contributed by atoms with van der Waals surface area (Å²) in [5.41, 5.74) is 0. The Labute approximate surface area is 102 Å². The van der Waals surface area contributed by atoms with Crippen LogP contribution in [0.25, 0.3) is 0 Å². The van der Waals surface area contributed by atoms with Crippen molar-refractivity contribution in [1.82, 2.24) is 4.90 Å². The van der Waals surface area contributed by atoms with Gasteiger partial charge in [-0.1, -0.05) is 46.5 Å². The van der Waals surface area contributed by atoms with Gasteiger partial charge in [-0.25, -0.2) is 0 Å². The Bertz CT molecular complexity index is 125. The van der Waals surface area contributed by atoms with Gasteiger partial charge in [-0.05, 0) is 32.4 Å². The molecule has 0 aromatic heterocycles. The smallest absolute Gasteiger partial charge is 0.0586 e. The number of rotatable bonds is 11. The van der Waals surface area contributed by atoms with Gasteiger partial charge in [0.15, 0.2) is 0 Å². The molecule has 0 saturated carbocycles. The van der Waals surface area contributed by atoms with Gasteiger partial charge in [0.05, 0.1) is 6.61 Å². The van der Waals surface area contributed by atoms with Crippen LogP contribution in [0.2, 0.25) is 0 Å². The highest BCUT2D eigenvalue weighted by Gasteiger charge is 2.14. The van der Waals surface area contributed by atoms with E-state index in [2.05, 4.69) is 25.7 Å². The minimum atomic E-state index is 0.314. The first-order valence-corrected chi connectivity index (χ1v) is 7.14. The van der Waals surface area contributed by atoms with Crippen molar-refractivity contribution in [2.45, 2.75) is 71.8 Å². The molecule has 98 valence electrons. The van der Waals surface area contributed by atoms with Crippen molar-refractivity contribution in [3.8, 4) is 0 Å². The van der Waals surface area contributed by atoms with Crippen LogP contribution in [0.1, 0.15) is 65.7 Å². The molecule has 1 N–H and O–H groups in total. The summed E-state index contributed by atoms with van der Waals surface area (Å²) in [6.45, 7) is 9.30. The Kier molecular flexibility index (Phi) is 11.3. The van der Waals surface area contributed by atoms with Crippen molar-refractivity contribution in [2.24, 2.45) is 0 Å². The Morgan fingerprint density at radius 3 is 1.69 bits per heavy atom. The van der Waals surface area contributed by atoms with Gasteiger partial charge >= 0.3 is 0 Å². The van der Waals surface area contributed by atoms with Gasteiger partial charge in [-0.3, -0.25) is 4.90 Å². The standard InChI is InChI=1S/C14H31NO/c1-4-7-9-11-15(12-10-8-5-2)14(6-3)13-16/h14,16H,4-13H2,1-3H3. The number of hydrogen-bond donors (Lipinski definition) is 1. The molecule has 2 nitrogen and oxygen atoms in total. The Morgan fingerprint density at radius 2 is 1.38 bits per heavy atom. The largest absolute Gasteiger partial charge is 0.395 e. The first kappa shape index (κ1) is 15.9. The molecular formula is C14H31NO.